The fourth-order valence-corrected chi connectivity index (χ4v) is 8.12. The van der Waals surface area contributed by atoms with Gasteiger partial charge in [0.05, 0.1) is 21.9 Å². The Labute approximate surface area is 270 Å². The number of hydrogen-bond donors (Lipinski definition) is 1. The molecule has 1 aromatic carbocycles. The molecule has 0 bridgehead atoms. The molecule has 3 aliphatic rings. The first-order chi connectivity index (χ1) is 21.2. The monoisotopic (exact) mass is 630 g/mol. The van der Waals surface area contributed by atoms with Crippen LogP contribution >= 0.6 is 11.3 Å². The molecule has 4 heterocycles. The summed E-state index contributed by atoms with van der Waals surface area (Å²) in [5.41, 5.74) is 8.35. The summed E-state index contributed by atoms with van der Waals surface area (Å²) >= 11 is 1.55. The van der Waals surface area contributed by atoms with Gasteiger partial charge in [0.1, 0.15) is 0 Å². The molecule has 0 saturated carbocycles. The molecule has 2 aromatic heterocycles. The third-order valence-electron chi connectivity index (χ3n) is 9.50. The topological polar surface area (TPSA) is 95.9 Å². The quantitative estimate of drug-likeness (QED) is 0.300. The zero-order chi connectivity index (χ0) is 32.3. The smallest absolute Gasteiger partial charge is 0.337 e. The van der Waals surface area contributed by atoms with Crippen LogP contribution in [-0.2, 0) is 28.9 Å². The van der Waals surface area contributed by atoms with Gasteiger partial charge in [-0.25, -0.2) is 9.78 Å². The molecule has 9 heteroatoms. The highest BCUT2D eigenvalue weighted by Crippen LogP contribution is 2.45. The first-order valence-electron chi connectivity index (χ1n) is 16.3. The normalized spacial score (nSPS) is 18.9. The summed E-state index contributed by atoms with van der Waals surface area (Å²) in [5.74, 6) is -0.770. The van der Waals surface area contributed by atoms with E-state index in [1.54, 1.807) is 11.3 Å². The second-order valence-corrected chi connectivity index (χ2v) is 15.7. The zero-order valence-electron chi connectivity index (χ0n) is 27.7. The van der Waals surface area contributed by atoms with Gasteiger partial charge in [-0.2, -0.15) is 0 Å². The Bertz CT molecular complexity index is 1640. The fraction of sp³-hybridized carbons (Fsp3) is 0.556. The van der Waals surface area contributed by atoms with Crippen molar-refractivity contribution >= 4 is 33.9 Å². The standard InChI is InChI=1S/C36H46N4O4S/c1-21-28(24-11-12-25-20-40(16-13-23(25)19-24)34-38-26-9-8-10-27(41)32(26)45-34)30(39-17-14-36(6,7)15-18-39)29(22(2)37-21)31(33(42)43)44-35(3,4)5/h11-12,19,31H,8-10,13-18,20H2,1-7H3,(H,42,43). The van der Waals surface area contributed by atoms with Crippen LogP contribution in [0.5, 0.6) is 0 Å². The van der Waals surface area contributed by atoms with E-state index in [0.717, 1.165) is 96.5 Å². The van der Waals surface area contributed by atoms with Crippen molar-refractivity contribution in [1.29, 1.82) is 0 Å². The molecule has 2 aliphatic heterocycles. The molecular weight excluding hydrogens is 584 g/mol. The van der Waals surface area contributed by atoms with Gasteiger partial charge in [0.2, 0.25) is 0 Å². The summed E-state index contributed by atoms with van der Waals surface area (Å²) in [6.45, 7) is 17.5. The number of carboxylic acids is 1. The molecule has 1 fully saturated rings. The van der Waals surface area contributed by atoms with Crippen LogP contribution in [0.4, 0.5) is 10.8 Å². The van der Waals surface area contributed by atoms with Crippen LogP contribution in [0.25, 0.3) is 11.1 Å². The largest absolute Gasteiger partial charge is 0.479 e. The molecule has 1 saturated heterocycles. The van der Waals surface area contributed by atoms with Crippen LogP contribution in [0.1, 0.15) is 110 Å². The lowest BCUT2D eigenvalue weighted by atomic mass is 9.81. The number of aryl methyl sites for hydroxylation is 3. The van der Waals surface area contributed by atoms with Crippen molar-refractivity contribution in [3.63, 3.8) is 0 Å². The van der Waals surface area contributed by atoms with Crippen LogP contribution in [0.15, 0.2) is 18.2 Å². The van der Waals surface area contributed by atoms with E-state index in [1.807, 2.05) is 34.6 Å². The molecule has 240 valence electrons. The number of nitrogens with zero attached hydrogens (tertiary/aromatic N) is 4. The van der Waals surface area contributed by atoms with Gasteiger partial charge in [0, 0.05) is 55.1 Å². The maximum Gasteiger partial charge on any atom is 0.337 e. The van der Waals surface area contributed by atoms with Gasteiger partial charge in [-0.1, -0.05) is 43.4 Å². The minimum absolute atomic E-state index is 0.231. The number of ketones is 1. The van der Waals surface area contributed by atoms with E-state index in [9.17, 15) is 14.7 Å². The maximum atomic E-state index is 12.8. The summed E-state index contributed by atoms with van der Waals surface area (Å²) in [7, 11) is 0. The van der Waals surface area contributed by atoms with Crippen molar-refractivity contribution in [3.8, 4) is 11.1 Å². The average molecular weight is 631 g/mol. The molecule has 1 N–H and O–H groups in total. The summed E-state index contributed by atoms with van der Waals surface area (Å²) in [4.78, 5) is 40.6. The van der Waals surface area contributed by atoms with Gasteiger partial charge in [-0.15, -0.1) is 0 Å². The molecule has 8 nitrogen and oxygen atoms in total. The number of fused-ring (bicyclic) bond motifs is 2. The summed E-state index contributed by atoms with van der Waals surface area (Å²) in [6.07, 6.45) is 4.18. The number of rotatable bonds is 6. The Kier molecular flexibility index (Phi) is 8.31. The number of hydrogen-bond acceptors (Lipinski definition) is 8. The number of aromatic nitrogens is 2. The highest BCUT2D eigenvalue weighted by Gasteiger charge is 2.37. The number of aliphatic carboxylic acids is 1. The SMILES string of the molecule is Cc1nc(C)c(C(OC(C)(C)C)C(=O)O)c(N2CCC(C)(C)CC2)c1-c1ccc2c(c1)CCN(c1nc3c(s1)C(=O)CCC3)C2. The van der Waals surface area contributed by atoms with Crippen LogP contribution in [0, 0.1) is 19.3 Å². The van der Waals surface area contributed by atoms with Gasteiger partial charge in [-0.05, 0) is 88.8 Å². The predicted molar refractivity (Wildman–Crippen MR) is 180 cm³/mol. The highest BCUT2D eigenvalue weighted by molar-refractivity contribution is 7.17. The number of piperidine rings is 1. The third kappa shape index (κ3) is 6.39. The number of thiazole rings is 1. The Balaban J connectivity index is 1.41. The van der Waals surface area contributed by atoms with E-state index < -0.39 is 17.7 Å². The number of carbonyl (C=O) groups excluding carboxylic acids is 1. The Hall–Kier alpha value is -3.30. The Morgan fingerprint density at radius 2 is 1.73 bits per heavy atom. The van der Waals surface area contributed by atoms with Gasteiger partial charge in [0.15, 0.2) is 17.0 Å². The molecule has 45 heavy (non-hydrogen) atoms. The Morgan fingerprint density at radius 1 is 1.00 bits per heavy atom. The lowest BCUT2D eigenvalue weighted by Gasteiger charge is -2.41. The van der Waals surface area contributed by atoms with E-state index in [-0.39, 0.29) is 11.2 Å². The summed E-state index contributed by atoms with van der Waals surface area (Å²) < 4.78 is 6.25. The molecule has 3 aromatic rings. The van der Waals surface area contributed by atoms with E-state index in [0.29, 0.717) is 17.7 Å². The second-order valence-electron chi connectivity index (χ2n) is 14.7. The molecule has 1 atom stereocenters. The number of Topliss-reactive ketones (excluding diaryl/α,β-unsaturated/α-hetero) is 1. The van der Waals surface area contributed by atoms with Gasteiger partial charge in [-0.3, -0.25) is 9.78 Å². The number of ether oxygens (including phenoxy) is 1. The number of carbonyl (C=O) groups is 2. The van der Waals surface area contributed by atoms with Gasteiger partial charge < -0.3 is 19.6 Å². The van der Waals surface area contributed by atoms with E-state index in [2.05, 4.69) is 41.8 Å². The average Bonchev–Trinajstić information content (AvgIpc) is 3.41. The van der Waals surface area contributed by atoms with E-state index >= 15 is 0 Å². The van der Waals surface area contributed by atoms with Crippen molar-refractivity contribution in [2.24, 2.45) is 5.41 Å². The second kappa shape index (κ2) is 11.8. The van der Waals surface area contributed by atoms with Gasteiger partial charge >= 0.3 is 5.97 Å². The van der Waals surface area contributed by atoms with Crippen molar-refractivity contribution in [2.75, 3.05) is 29.4 Å². The molecule has 6 rings (SSSR count). The summed E-state index contributed by atoms with van der Waals surface area (Å²) in [5, 5.41) is 11.4. The summed E-state index contributed by atoms with van der Waals surface area (Å²) in [6, 6.07) is 6.65. The first kappa shape index (κ1) is 31.7. The molecule has 0 radical (unpaired) electrons. The van der Waals surface area contributed by atoms with Crippen molar-refractivity contribution in [2.45, 2.75) is 105 Å². The van der Waals surface area contributed by atoms with Crippen molar-refractivity contribution in [3.05, 3.63) is 56.8 Å². The van der Waals surface area contributed by atoms with Crippen LogP contribution in [0.2, 0.25) is 0 Å². The number of benzene rings is 1. The van der Waals surface area contributed by atoms with E-state index in [4.69, 9.17) is 14.7 Å². The lowest BCUT2D eigenvalue weighted by molar-refractivity contribution is -0.160. The third-order valence-corrected chi connectivity index (χ3v) is 10.7. The minimum Gasteiger partial charge on any atom is -0.479 e. The highest BCUT2D eigenvalue weighted by atomic mass is 32.1. The number of carboxylic acid groups (broad SMARTS) is 1. The van der Waals surface area contributed by atoms with Gasteiger partial charge in [0.25, 0.3) is 0 Å². The lowest BCUT2D eigenvalue weighted by Crippen LogP contribution is -2.39. The van der Waals surface area contributed by atoms with Crippen LogP contribution < -0.4 is 9.80 Å². The Morgan fingerprint density at radius 3 is 2.40 bits per heavy atom. The van der Waals surface area contributed by atoms with E-state index in [1.165, 1.54) is 11.1 Å². The van der Waals surface area contributed by atoms with Crippen LogP contribution in [-0.4, -0.2) is 52.1 Å². The number of pyridine rings is 1. The number of anilines is 2. The maximum absolute atomic E-state index is 12.8. The molecule has 1 unspecified atom stereocenters. The minimum atomic E-state index is -1.14. The first-order valence-corrected chi connectivity index (χ1v) is 17.1. The molecular formula is C36H46N4O4S. The fourth-order valence-electron chi connectivity index (χ4n) is 7.02. The predicted octanol–water partition coefficient (Wildman–Crippen LogP) is 7.47. The van der Waals surface area contributed by atoms with Crippen molar-refractivity contribution < 1.29 is 19.4 Å². The zero-order valence-corrected chi connectivity index (χ0v) is 28.6. The van der Waals surface area contributed by atoms with Crippen molar-refractivity contribution in [1.82, 2.24) is 9.97 Å². The molecule has 0 spiro atoms. The molecule has 1 aliphatic carbocycles. The van der Waals surface area contributed by atoms with Crippen LogP contribution in [0.3, 0.4) is 0 Å². The molecule has 0 amide bonds.